The summed E-state index contributed by atoms with van der Waals surface area (Å²) in [6.45, 7) is 2.62. The van der Waals surface area contributed by atoms with Crippen molar-refractivity contribution in [2.24, 2.45) is 4.99 Å². The first-order valence-corrected chi connectivity index (χ1v) is 12.3. The Balaban J connectivity index is 1.59. The first-order valence-electron chi connectivity index (χ1n) is 9.95. The Morgan fingerprint density at radius 1 is 1.09 bits per heavy atom. The number of thiazole rings is 1. The van der Waals surface area contributed by atoms with Crippen LogP contribution in [0.1, 0.15) is 17.3 Å². The number of anilines is 1. The van der Waals surface area contributed by atoms with Crippen LogP contribution < -0.4 is 14.3 Å². The van der Waals surface area contributed by atoms with Gasteiger partial charge in [0.1, 0.15) is 11.6 Å². The van der Waals surface area contributed by atoms with Gasteiger partial charge in [-0.15, -0.1) is 0 Å². The largest absolute Gasteiger partial charge is 0.497 e. The molecule has 0 aliphatic heterocycles. The molecule has 10 heteroatoms. The van der Waals surface area contributed by atoms with Gasteiger partial charge < -0.3 is 9.30 Å². The predicted molar refractivity (Wildman–Crippen MR) is 126 cm³/mol. The molecule has 3 aromatic carbocycles. The number of ether oxygens (including phenoxy) is 1. The van der Waals surface area contributed by atoms with Crippen molar-refractivity contribution in [2.45, 2.75) is 18.4 Å². The van der Waals surface area contributed by atoms with Gasteiger partial charge in [-0.05, 0) is 73.7 Å². The summed E-state index contributed by atoms with van der Waals surface area (Å²) in [7, 11) is -2.28. The van der Waals surface area contributed by atoms with Gasteiger partial charge in [0.2, 0.25) is 0 Å². The van der Waals surface area contributed by atoms with Crippen LogP contribution in [-0.2, 0) is 16.6 Å². The zero-order valence-corrected chi connectivity index (χ0v) is 19.4. The molecule has 1 amide bonds. The summed E-state index contributed by atoms with van der Waals surface area (Å²) < 4.78 is 48.5. The smallest absolute Gasteiger partial charge is 0.279 e. The minimum Gasteiger partial charge on any atom is -0.497 e. The van der Waals surface area contributed by atoms with Gasteiger partial charge >= 0.3 is 0 Å². The fourth-order valence-electron chi connectivity index (χ4n) is 3.23. The van der Waals surface area contributed by atoms with Crippen molar-refractivity contribution in [1.82, 2.24) is 4.57 Å². The molecular formula is C23H20FN3O4S2. The van der Waals surface area contributed by atoms with E-state index in [1.54, 1.807) is 7.11 Å². The SMILES string of the molecule is CCn1c(=NC(=O)c2ccc(NS(=O)(=O)c3ccc(F)cc3)cc2)sc2cc(OC)ccc21. The van der Waals surface area contributed by atoms with Crippen LogP contribution in [0.5, 0.6) is 5.75 Å². The first-order chi connectivity index (χ1) is 15.8. The van der Waals surface area contributed by atoms with Gasteiger partial charge in [0.25, 0.3) is 15.9 Å². The van der Waals surface area contributed by atoms with E-state index < -0.39 is 21.7 Å². The van der Waals surface area contributed by atoms with E-state index in [0.29, 0.717) is 16.9 Å². The number of carbonyl (C=O) groups is 1. The van der Waals surface area contributed by atoms with E-state index in [-0.39, 0.29) is 10.6 Å². The third-order valence-corrected chi connectivity index (χ3v) is 7.35. The van der Waals surface area contributed by atoms with Crippen LogP contribution in [0.25, 0.3) is 10.2 Å². The Bertz CT molecular complexity index is 1490. The molecule has 0 spiro atoms. The molecule has 0 atom stereocenters. The van der Waals surface area contributed by atoms with E-state index in [1.807, 2.05) is 29.7 Å². The number of fused-ring (bicyclic) bond motifs is 1. The second kappa shape index (κ2) is 9.16. The summed E-state index contributed by atoms with van der Waals surface area (Å²) in [6.07, 6.45) is 0. The average molecular weight is 486 g/mol. The first kappa shape index (κ1) is 22.7. The molecule has 0 saturated heterocycles. The van der Waals surface area contributed by atoms with E-state index in [2.05, 4.69) is 9.71 Å². The van der Waals surface area contributed by atoms with E-state index in [4.69, 9.17) is 4.74 Å². The van der Waals surface area contributed by atoms with Crippen molar-refractivity contribution >= 4 is 43.2 Å². The molecule has 0 aliphatic rings. The van der Waals surface area contributed by atoms with Crippen molar-refractivity contribution in [3.63, 3.8) is 0 Å². The normalized spacial score (nSPS) is 12.2. The summed E-state index contributed by atoms with van der Waals surface area (Å²) in [6, 6.07) is 16.2. The van der Waals surface area contributed by atoms with E-state index >= 15 is 0 Å². The minimum atomic E-state index is -3.88. The molecular weight excluding hydrogens is 465 g/mol. The molecule has 1 N–H and O–H groups in total. The number of halogens is 1. The molecule has 0 bridgehead atoms. The number of amides is 1. The van der Waals surface area contributed by atoms with Crippen molar-refractivity contribution in [2.75, 3.05) is 11.8 Å². The monoisotopic (exact) mass is 485 g/mol. The van der Waals surface area contributed by atoms with Gasteiger partial charge in [-0.25, -0.2) is 12.8 Å². The maximum absolute atomic E-state index is 13.1. The number of carbonyl (C=O) groups excluding carboxylic acids is 1. The third kappa shape index (κ3) is 4.81. The fraction of sp³-hybridized carbons (Fsp3) is 0.130. The van der Waals surface area contributed by atoms with Crippen molar-refractivity contribution in [3.8, 4) is 5.75 Å². The lowest BCUT2D eigenvalue weighted by Crippen LogP contribution is -2.16. The highest BCUT2D eigenvalue weighted by molar-refractivity contribution is 7.92. The molecule has 0 fully saturated rings. The van der Waals surface area contributed by atoms with Gasteiger partial charge in [0.15, 0.2) is 4.80 Å². The number of hydrogen-bond donors (Lipinski definition) is 1. The Kier molecular flexibility index (Phi) is 6.30. The van der Waals surface area contributed by atoms with Gasteiger partial charge in [0, 0.05) is 17.8 Å². The van der Waals surface area contributed by atoms with Crippen LogP contribution >= 0.6 is 11.3 Å². The molecule has 4 rings (SSSR count). The van der Waals surface area contributed by atoms with Crippen LogP contribution in [0.4, 0.5) is 10.1 Å². The number of benzene rings is 3. The maximum atomic E-state index is 13.1. The lowest BCUT2D eigenvalue weighted by atomic mass is 10.2. The molecule has 170 valence electrons. The van der Waals surface area contributed by atoms with Crippen molar-refractivity contribution in [1.29, 1.82) is 0 Å². The third-order valence-electron chi connectivity index (χ3n) is 4.91. The van der Waals surface area contributed by atoms with E-state index in [9.17, 15) is 17.6 Å². The Morgan fingerprint density at radius 2 is 1.79 bits per heavy atom. The zero-order valence-electron chi connectivity index (χ0n) is 17.8. The average Bonchev–Trinajstić information content (AvgIpc) is 3.15. The second-order valence-electron chi connectivity index (χ2n) is 7.02. The Morgan fingerprint density at radius 3 is 2.42 bits per heavy atom. The predicted octanol–water partition coefficient (Wildman–Crippen LogP) is 4.41. The summed E-state index contributed by atoms with van der Waals surface area (Å²) in [5.41, 5.74) is 1.55. The van der Waals surface area contributed by atoms with E-state index in [1.165, 1.54) is 47.7 Å². The van der Waals surface area contributed by atoms with Crippen LogP contribution in [0.2, 0.25) is 0 Å². The van der Waals surface area contributed by atoms with Crippen molar-refractivity contribution < 1.29 is 22.3 Å². The molecule has 0 aliphatic carbocycles. The lowest BCUT2D eigenvalue weighted by Gasteiger charge is -2.08. The minimum absolute atomic E-state index is 0.0652. The lowest BCUT2D eigenvalue weighted by molar-refractivity contribution is 0.0998. The van der Waals surface area contributed by atoms with Gasteiger partial charge in [-0.2, -0.15) is 4.99 Å². The van der Waals surface area contributed by atoms with Gasteiger partial charge in [0.05, 0.1) is 22.2 Å². The highest BCUT2D eigenvalue weighted by atomic mass is 32.2. The van der Waals surface area contributed by atoms with Gasteiger partial charge in [-0.3, -0.25) is 9.52 Å². The quantitative estimate of drug-likeness (QED) is 0.438. The molecule has 1 aromatic heterocycles. The number of nitrogens with zero attached hydrogens (tertiary/aromatic N) is 2. The number of rotatable bonds is 6. The molecule has 0 radical (unpaired) electrons. The number of methoxy groups -OCH3 is 1. The summed E-state index contributed by atoms with van der Waals surface area (Å²) in [5, 5.41) is 0. The molecule has 1 heterocycles. The molecule has 33 heavy (non-hydrogen) atoms. The van der Waals surface area contributed by atoms with Crippen LogP contribution in [0.15, 0.2) is 76.6 Å². The molecule has 7 nitrogen and oxygen atoms in total. The molecule has 0 unspecified atom stereocenters. The Labute approximate surface area is 193 Å². The van der Waals surface area contributed by atoms with E-state index in [0.717, 1.165) is 28.1 Å². The summed E-state index contributed by atoms with van der Waals surface area (Å²) >= 11 is 1.39. The molecule has 4 aromatic rings. The summed E-state index contributed by atoms with van der Waals surface area (Å²) in [4.78, 5) is 17.5. The van der Waals surface area contributed by atoms with Crippen LogP contribution in [-0.4, -0.2) is 26.0 Å². The number of nitrogens with one attached hydrogen (secondary N) is 1. The zero-order chi connectivity index (χ0) is 23.6. The fourth-order valence-corrected chi connectivity index (χ4v) is 5.41. The Hall–Kier alpha value is -3.50. The van der Waals surface area contributed by atoms with Crippen LogP contribution in [0.3, 0.4) is 0 Å². The highest BCUT2D eigenvalue weighted by Gasteiger charge is 2.15. The highest BCUT2D eigenvalue weighted by Crippen LogP contribution is 2.23. The van der Waals surface area contributed by atoms with Crippen molar-refractivity contribution in [3.05, 3.63) is 82.9 Å². The van der Waals surface area contributed by atoms with Gasteiger partial charge in [-0.1, -0.05) is 11.3 Å². The van der Waals surface area contributed by atoms with Crippen LogP contribution in [0, 0.1) is 5.82 Å². The standard InChI is InChI=1S/C23H20FN3O4S2/c1-3-27-20-13-10-18(31-2)14-21(20)32-23(27)25-22(28)15-4-8-17(9-5-15)26-33(29,30)19-11-6-16(24)7-12-19/h4-14,26H,3H2,1-2H3. The number of hydrogen-bond acceptors (Lipinski definition) is 5. The maximum Gasteiger partial charge on any atom is 0.279 e. The number of sulfonamides is 1. The summed E-state index contributed by atoms with van der Waals surface area (Å²) in [5.74, 6) is -0.241. The topological polar surface area (TPSA) is 89.8 Å². The molecule has 0 saturated carbocycles. The number of aromatic nitrogens is 1. The number of aryl methyl sites for hydroxylation is 1. The second-order valence-corrected chi connectivity index (χ2v) is 9.71.